The molecule has 1 amide bonds. The molecular formula is C15H15N7OS2. The Labute approximate surface area is 150 Å². The molecule has 4 heterocycles. The maximum absolute atomic E-state index is 11.2. The maximum atomic E-state index is 11.2. The number of thioether (sulfide) groups is 1. The van der Waals surface area contributed by atoms with E-state index in [4.69, 9.17) is 5.73 Å². The Balaban J connectivity index is 1.91. The van der Waals surface area contributed by atoms with Crippen LogP contribution in [0, 0.1) is 6.92 Å². The first-order valence-corrected chi connectivity index (χ1v) is 9.89. The van der Waals surface area contributed by atoms with Crippen molar-refractivity contribution in [3.05, 3.63) is 16.3 Å². The second-order valence-corrected chi connectivity index (χ2v) is 8.18. The average molecular weight is 373 g/mol. The lowest BCUT2D eigenvalue weighted by Gasteiger charge is -2.10. The van der Waals surface area contributed by atoms with E-state index >= 15 is 0 Å². The van der Waals surface area contributed by atoms with Gasteiger partial charge in [-0.25, -0.2) is 9.38 Å². The van der Waals surface area contributed by atoms with E-state index in [1.807, 2.05) is 11.3 Å². The smallest absolute Gasteiger partial charge is 0.260 e. The molecule has 8 nitrogen and oxygen atoms in total. The highest BCUT2D eigenvalue weighted by Gasteiger charge is 2.25. The molecule has 0 saturated carbocycles. The summed E-state index contributed by atoms with van der Waals surface area (Å²) in [6, 6.07) is 0. The number of carbonyl (C=O) groups is 1. The van der Waals surface area contributed by atoms with Crippen LogP contribution < -0.4 is 5.73 Å². The molecule has 0 spiro atoms. The van der Waals surface area contributed by atoms with E-state index in [2.05, 4.69) is 20.3 Å². The zero-order valence-corrected chi connectivity index (χ0v) is 15.2. The highest BCUT2D eigenvalue weighted by atomic mass is 32.2. The molecule has 2 N–H and O–H groups in total. The van der Waals surface area contributed by atoms with Gasteiger partial charge in [-0.05, 0) is 38.2 Å². The SMILES string of the molecule is Cc1nc2c3c4c(sc3n3c(SCC(N)=O)nnc3n2n1)CCCC4. The van der Waals surface area contributed by atoms with E-state index < -0.39 is 0 Å². The largest absolute Gasteiger partial charge is 0.369 e. The summed E-state index contributed by atoms with van der Waals surface area (Å²) >= 11 is 3.08. The minimum absolute atomic E-state index is 0.168. The monoisotopic (exact) mass is 373 g/mol. The van der Waals surface area contributed by atoms with Crippen molar-refractivity contribution in [3.8, 4) is 0 Å². The second-order valence-electron chi connectivity index (χ2n) is 6.16. The van der Waals surface area contributed by atoms with Crippen LogP contribution in [0.2, 0.25) is 0 Å². The van der Waals surface area contributed by atoms with Crippen LogP contribution in [0.1, 0.15) is 29.1 Å². The molecule has 0 aromatic carbocycles. The molecule has 0 bridgehead atoms. The van der Waals surface area contributed by atoms with Crippen molar-refractivity contribution in [1.82, 2.24) is 29.2 Å². The molecule has 1 aliphatic rings. The van der Waals surface area contributed by atoms with Crippen molar-refractivity contribution in [3.63, 3.8) is 0 Å². The van der Waals surface area contributed by atoms with Crippen molar-refractivity contribution in [1.29, 1.82) is 0 Å². The lowest BCUT2D eigenvalue weighted by Crippen LogP contribution is -2.13. The highest BCUT2D eigenvalue weighted by molar-refractivity contribution is 7.99. The van der Waals surface area contributed by atoms with Gasteiger partial charge in [0.15, 0.2) is 10.8 Å². The van der Waals surface area contributed by atoms with Gasteiger partial charge in [0.1, 0.15) is 10.7 Å². The maximum Gasteiger partial charge on any atom is 0.260 e. The van der Waals surface area contributed by atoms with Crippen LogP contribution in [0.5, 0.6) is 0 Å². The lowest BCUT2D eigenvalue weighted by molar-refractivity contribution is -0.115. The molecule has 0 saturated heterocycles. The summed E-state index contributed by atoms with van der Waals surface area (Å²) in [4.78, 5) is 18.3. The van der Waals surface area contributed by atoms with Crippen LogP contribution in [0.25, 0.3) is 21.6 Å². The zero-order chi connectivity index (χ0) is 17.1. The van der Waals surface area contributed by atoms with Gasteiger partial charge in [-0.1, -0.05) is 11.8 Å². The predicted molar refractivity (Wildman–Crippen MR) is 96.2 cm³/mol. The molecule has 10 heteroatoms. The number of nitrogens with zero attached hydrogens (tertiary/aromatic N) is 6. The second kappa shape index (κ2) is 5.40. The van der Waals surface area contributed by atoms with Gasteiger partial charge in [-0.2, -0.15) is 4.52 Å². The third-order valence-electron chi connectivity index (χ3n) is 4.44. The van der Waals surface area contributed by atoms with Crippen LogP contribution >= 0.6 is 23.1 Å². The summed E-state index contributed by atoms with van der Waals surface area (Å²) in [5.41, 5.74) is 7.52. The van der Waals surface area contributed by atoms with Gasteiger partial charge >= 0.3 is 0 Å². The Morgan fingerprint density at radius 1 is 1.32 bits per heavy atom. The molecule has 0 aliphatic heterocycles. The first-order chi connectivity index (χ1) is 12.1. The third-order valence-corrected chi connectivity index (χ3v) is 6.67. The fourth-order valence-electron chi connectivity index (χ4n) is 3.46. The number of amides is 1. The number of hydrogen-bond acceptors (Lipinski definition) is 7. The van der Waals surface area contributed by atoms with E-state index in [-0.39, 0.29) is 11.7 Å². The van der Waals surface area contributed by atoms with Crippen LogP contribution in [0.15, 0.2) is 5.16 Å². The van der Waals surface area contributed by atoms with E-state index in [1.54, 1.807) is 15.9 Å². The first kappa shape index (κ1) is 15.1. The summed E-state index contributed by atoms with van der Waals surface area (Å²) < 4.78 is 3.76. The number of rotatable bonds is 3. The van der Waals surface area contributed by atoms with E-state index in [1.165, 1.54) is 35.0 Å². The van der Waals surface area contributed by atoms with E-state index in [0.29, 0.717) is 16.8 Å². The van der Waals surface area contributed by atoms with Crippen molar-refractivity contribution in [2.45, 2.75) is 37.8 Å². The molecular weight excluding hydrogens is 358 g/mol. The number of primary amides is 1. The molecule has 0 fully saturated rings. The van der Waals surface area contributed by atoms with E-state index in [9.17, 15) is 4.79 Å². The zero-order valence-electron chi connectivity index (χ0n) is 13.5. The summed E-state index contributed by atoms with van der Waals surface area (Å²) in [6.45, 7) is 1.88. The Morgan fingerprint density at radius 2 is 2.16 bits per heavy atom. The Bertz CT molecular complexity index is 1160. The molecule has 4 aromatic heterocycles. The molecule has 128 valence electrons. The van der Waals surface area contributed by atoms with Crippen LogP contribution in [0.4, 0.5) is 0 Å². The minimum Gasteiger partial charge on any atom is -0.369 e. The Hall–Kier alpha value is -2.20. The summed E-state index contributed by atoms with van der Waals surface area (Å²) in [6.07, 6.45) is 4.58. The van der Waals surface area contributed by atoms with Gasteiger partial charge in [0.2, 0.25) is 5.91 Å². The fourth-order valence-corrected chi connectivity index (χ4v) is 5.58. The summed E-state index contributed by atoms with van der Waals surface area (Å²) in [5, 5.41) is 14.9. The molecule has 4 aromatic rings. The van der Waals surface area contributed by atoms with Gasteiger partial charge < -0.3 is 5.73 Å². The first-order valence-electron chi connectivity index (χ1n) is 8.09. The standard InChI is InChI=1S/C15H15N7OS2/c1-7-17-12-11-8-4-2-3-5-9(8)25-13(11)21-14(22(12)20-7)18-19-15(21)24-6-10(16)23/h2-6H2,1H3,(H2,16,23). The number of nitrogens with two attached hydrogens (primary N) is 1. The van der Waals surface area contributed by atoms with Gasteiger partial charge in [0.25, 0.3) is 5.78 Å². The number of aromatic nitrogens is 6. The lowest BCUT2D eigenvalue weighted by atomic mass is 9.97. The minimum atomic E-state index is -0.374. The van der Waals surface area contributed by atoms with Crippen LogP contribution in [-0.4, -0.2) is 40.9 Å². The van der Waals surface area contributed by atoms with Gasteiger partial charge in [-0.3, -0.25) is 4.79 Å². The number of hydrogen-bond donors (Lipinski definition) is 1. The number of carbonyl (C=O) groups excluding carboxylic acids is 1. The van der Waals surface area contributed by atoms with Gasteiger partial charge in [0.05, 0.1) is 11.1 Å². The molecule has 5 rings (SSSR count). The number of aryl methyl sites for hydroxylation is 3. The number of thiophene rings is 1. The topological polar surface area (TPSA) is 103 Å². The van der Waals surface area contributed by atoms with Crippen molar-refractivity contribution < 1.29 is 4.79 Å². The summed E-state index contributed by atoms with van der Waals surface area (Å²) in [7, 11) is 0. The Morgan fingerprint density at radius 3 is 3.00 bits per heavy atom. The van der Waals surface area contributed by atoms with Crippen LogP contribution in [-0.2, 0) is 17.6 Å². The Kier molecular flexibility index (Phi) is 3.26. The summed E-state index contributed by atoms with van der Waals surface area (Å²) in [5.74, 6) is 1.12. The normalized spacial score (nSPS) is 14.6. The number of fused-ring (bicyclic) bond motifs is 8. The van der Waals surface area contributed by atoms with Gasteiger partial charge in [0, 0.05) is 4.88 Å². The average Bonchev–Trinajstić information content (AvgIpc) is 3.25. The molecule has 0 unspecified atom stereocenters. The van der Waals surface area contributed by atoms with Crippen LogP contribution in [0.3, 0.4) is 0 Å². The van der Waals surface area contributed by atoms with Gasteiger partial charge in [-0.15, -0.1) is 26.6 Å². The van der Waals surface area contributed by atoms with E-state index in [0.717, 1.165) is 28.7 Å². The van der Waals surface area contributed by atoms with Crippen molar-refractivity contribution >= 4 is 50.6 Å². The predicted octanol–water partition coefficient (Wildman–Crippen LogP) is 1.75. The molecule has 1 aliphatic carbocycles. The van der Waals surface area contributed by atoms with Crippen molar-refractivity contribution in [2.24, 2.45) is 5.73 Å². The van der Waals surface area contributed by atoms with Crippen molar-refractivity contribution in [2.75, 3.05) is 5.75 Å². The molecule has 0 atom stereocenters. The fraction of sp³-hybridized carbons (Fsp3) is 0.400. The molecule has 25 heavy (non-hydrogen) atoms. The quantitative estimate of drug-likeness (QED) is 0.549. The molecule has 0 radical (unpaired) electrons. The third kappa shape index (κ3) is 2.17. The highest BCUT2D eigenvalue weighted by Crippen LogP contribution is 2.39.